The molecule has 2 N–H and O–H groups in total. The third-order valence-electron chi connectivity index (χ3n) is 2.72. The zero-order valence-electron chi connectivity index (χ0n) is 13.1. The van der Waals surface area contributed by atoms with Crippen LogP contribution >= 0.6 is 0 Å². The van der Waals surface area contributed by atoms with Gasteiger partial charge in [-0.1, -0.05) is 12.2 Å². The molecule has 0 amide bonds. The molecule has 0 bridgehead atoms. The van der Waals surface area contributed by atoms with Gasteiger partial charge in [0.05, 0.1) is 6.26 Å². The predicted molar refractivity (Wildman–Crippen MR) is 86.4 cm³/mol. The number of guanidine groups is 1. The van der Waals surface area contributed by atoms with Crippen molar-refractivity contribution < 1.29 is 9.15 Å². The van der Waals surface area contributed by atoms with E-state index in [1.165, 1.54) is 0 Å². The summed E-state index contributed by atoms with van der Waals surface area (Å²) in [6.07, 6.45) is 7.76. The van der Waals surface area contributed by atoms with Gasteiger partial charge in [0.15, 0.2) is 5.96 Å². The van der Waals surface area contributed by atoms with E-state index in [2.05, 4.69) is 34.7 Å². The van der Waals surface area contributed by atoms with Gasteiger partial charge in [-0.05, 0) is 38.8 Å². The van der Waals surface area contributed by atoms with Crippen LogP contribution < -0.4 is 10.6 Å². The number of hydrogen-bond acceptors (Lipinski definition) is 3. The van der Waals surface area contributed by atoms with Crippen molar-refractivity contribution in [1.29, 1.82) is 0 Å². The second-order valence-corrected chi connectivity index (χ2v) is 4.53. The molecule has 1 heterocycles. The van der Waals surface area contributed by atoms with Crippen LogP contribution in [-0.2, 0) is 11.3 Å². The van der Waals surface area contributed by atoms with Gasteiger partial charge >= 0.3 is 0 Å². The fourth-order valence-corrected chi connectivity index (χ4v) is 1.71. The van der Waals surface area contributed by atoms with Crippen LogP contribution in [0.1, 0.15) is 32.4 Å². The molecule has 0 aliphatic heterocycles. The van der Waals surface area contributed by atoms with Crippen molar-refractivity contribution in [3.8, 4) is 0 Å². The Balaban J connectivity index is 2.11. The summed E-state index contributed by atoms with van der Waals surface area (Å²) in [5.41, 5.74) is 0. The van der Waals surface area contributed by atoms with E-state index in [0.29, 0.717) is 13.2 Å². The maximum Gasteiger partial charge on any atom is 0.191 e. The van der Waals surface area contributed by atoms with Gasteiger partial charge in [-0.25, -0.2) is 0 Å². The Bertz CT molecular complexity index is 400. The molecule has 0 spiro atoms. The number of nitrogens with one attached hydrogen (secondary N) is 2. The van der Waals surface area contributed by atoms with Crippen molar-refractivity contribution in [3.63, 3.8) is 0 Å². The molecule has 1 aromatic heterocycles. The van der Waals surface area contributed by atoms with E-state index in [9.17, 15) is 0 Å². The minimum Gasteiger partial charge on any atom is -0.467 e. The van der Waals surface area contributed by atoms with Crippen LogP contribution in [-0.4, -0.2) is 32.2 Å². The number of ether oxygens (including phenoxy) is 1. The fraction of sp³-hybridized carbons (Fsp3) is 0.562. The largest absolute Gasteiger partial charge is 0.467 e. The van der Waals surface area contributed by atoms with Crippen molar-refractivity contribution >= 4 is 5.96 Å². The molecule has 5 nitrogen and oxygen atoms in total. The Labute approximate surface area is 127 Å². The summed E-state index contributed by atoms with van der Waals surface area (Å²) in [7, 11) is 0. The Morgan fingerprint density at radius 3 is 3.05 bits per heavy atom. The average Bonchev–Trinajstić information content (AvgIpc) is 3.00. The Kier molecular flexibility index (Phi) is 9.91. The van der Waals surface area contributed by atoms with Gasteiger partial charge in [-0.3, -0.25) is 4.99 Å². The highest BCUT2D eigenvalue weighted by Crippen LogP contribution is 2.01. The lowest BCUT2D eigenvalue weighted by Crippen LogP contribution is -2.37. The molecule has 1 rings (SSSR count). The van der Waals surface area contributed by atoms with Crippen LogP contribution in [0.15, 0.2) is 40.0 Å². The molecule has 0 atom stereocenters. The Morgan fingerprint density at radius 1 is 1.43 bits per heavy atom. The third kappa shape index (κ3) is 8.92. The molecule has 0 saturated heterocycles. The van der Waals surface area contributed by atoms with Gasteiger partial charge in [0.25, 0.3) is 0 Å². The number of rotatable bonds is 10. The van der Waals surface area contributed by atoms with E-state index in [1.54, 1.807) is 6.26 Å². The lowest BCUT2D eigenvalue weighted by Gasteiger charge is -2.10. The summed E-state index contributed by atoms with van der Waals surface area (Å²) in [6, 6.07) is 3.78. The van der Waals surface area contributed by atoms with Gasteiger partial charge in [0.1, 0.15) is 12.4 Å². The molecular weight excluding hydrogens is 266 g/mol. The lowest BCUT2D eigenvalue weighted by molar-refractivity contribution is 0.105. The second kappa shape index (κ2) is 12.0. The van der Waals surface area contributed by atoms with Crippen molar-refractivity contribution in [1.82, 2.24) is 10.6 Å². The molecule has 0 aliphatic carbocycles. The van der Waals surface area contributed by atoms with Crippen molar-refractivity contribution in [2.75, 3.05) is 26.2 Å². The minimum absolute atomic E-state index is 0.526. The minimum atomic E-state index is 0.526. The van der Waals surface area contributed by atoms with Crippen molar-refractivity contribution in [2.45, 2.75) is 33.3 Å². The smallest absolute Gasteiger partial charge is 0.191 e. The van der Waals surface area contributed by atoms with Crippen LogP contribution in [0.2, 0.25) is 0 Å². The van der Waals surface area contributed by atoms with E-state index in [1.807, 2.05) is 19.1 Å². The summed E-state index contributed by atoms with van der Waals surface area (Å²) in [6.45, 7) is 7.81. The highest BCUT2D eigenvalue weighted by molar-refractivity contribution is 5.79. The monoisotopic (exact) mass is 293 g/mol. The van der Waals surface area contributed by atoms with Crippen LogP contribution in [0, 0.1) is 0 Å². The molecule has 0 saturated carbocycles. The average molecular weight is 293 g/mol. The first kappa shape index (κ1) is 17.3. The van der Waals surface area contributed by atoms with Gasteiger partial charge in [0.2, 0.25) is 0 Å². The van der Waals surface area contributed by atoms with Crippen molar-refractivity contribution in [3.05, 3.63) is 36.3 Å². The summed E-state index contributed by atoms with van der Waals surface area (Å²) < 4.78 is 10.7. The summed E-state index contributed by atoms with van der Waals surface area (Å²) in [5, 5.41) is 6.53. The Hall–Kier alpha value is -1.75. The number of aliphatic imine (C=N–C) groups is 1. The van der Waals surface area contributed by atoms with Gasteiger partial charge in [-0.15, -0.1) is 0 Å². The number of allylic oxidation sites excluding steroid dienone is 1. The number of hydrogen-bond donors (Lipinski definition) is 2. The maximum atomic E-state index is 5.52. The SMILES string of the molecule is C/C=C/CCNC(=NCCCOCc1ccco1)NCC. The molecular formula is C16H27N3O2. The molecule has 1 aromatic rings. The standard InChI is InChI=1S/C16H27N3O2/c1-3-5-6-10-18-16(17-4-2)19-11-8-12-20-14-15-9-7-13-21-15/h3,5,7,9,13H,4,6,8,10-12,14H2,1-2H3,(H2,17,18,19)/b5-3+. The lowest BCUT2D eigenvalue weighted by atomic mass is 10.4. The summed E-state index contributed by atoms with van der Waals surface area (Å²) in [5.74, 6) is 1.73. The van der Waals surface area contributed by atoms with Crippen LogP contribution in [0.25, 0.3) is 0 Å². The van der Waals surface area contributed by atoms with Crippen LogP contribution in [0.3, 0.4) is 0 Å². The van der Waals surface area contributed by atoms with Gasteiger partial charge < -0.3 is 19.8 Å². The zero-order chi connectivity index (χ0) is 15.2. The van der Waals surface area contributed by atoms with E-state index in [4.69, 9.17) is 9.15 Å². The van der Waals surface area contributed by atoms with Crippen LogP contribution in [0.5, 0.6) is 0 Å². The molecule has 5 heteroatoms. The molecule has 0 aliphatic rings. The van der Waals surface area contributed by atoms with Crippen molar-refractivity contribution in [2.24, 2.45) is 4.99 Å². The van der Waals surface area contributed by atoms with E-state index < -0.39 is 0 Å². The molecule has 0 aromatic carbocycles. The number of furan rings is 1. The molecule has 21 heavy (non-hydrogen) atoms. The van der Waals surface area contributed by atoms with E-state index in [-0.39, 0.29) is 0 Å². The van der Waals surface area contributed by atoms with E-state index >= 15 is 0 Å². The molecule has 0 fully saturated rings. The van der Waals surface area contributed by atoms with E-state index in [0.717, 1.165) is 44.2 Å². The first-order valence-corrected chi connectivity index (χ1v) is 7.60. The first-order valence-electron chi connectivity index (χ1n) is 7.60. The number of nitrogens with zero attached hydrogens (tertiary/aromatic N) is 1. The molecule has 0 radical (unpaired) electrons. The first-order chi connectivity index (χ1) is 10.4. The topological polar surface area (TPSA) is 58.8 Å². The third-order valence-corrected chi connectivity index (χ3v) is 2.72. The van der Waals surface area contributed by atoms with Gasteiger partial charge in [-0.2, -0.15) is 0 Å². The highest BCUT2D eigenvalue weighted by Gasteiger charge is 1.97. The normalized spacial score (nSPS) is 12.0. The maximum absolute atomic E-state index is 5.52. The highest BCUT2D eigenvalue weighted by atomic mass is 16.5. The molecule has 118 valence electrons. The Morgan fingerprint density at radius 2 is 2.33 bits per heavy atom. The summed E-state index contributed by atoms with van der Waals surface area (Å²) in [4.78, 5) is 4.51. The van der Waals surface area contributed by atoms with Gasteiger partial charge in [0, 0.05) is 26.2 Å². The summed E-state index contributed by atoms with van der Waals surface area (Å²) >= 11 is 0. The fourth-order valence-electron chi connectivity index (χ4n) is 1.71. The quantitative estimate of drug-likeness (QED) is 0.301. The molecule has 0 unspecified atom stereocenters. The predicted octanol–water partition coefficient (Wildman–Crippen LogP) is 2.71. The zero-order valence-corrected chi connectivity index (χ0v) is 13.1. The second-order valence-electron chi connectivity index (χ2n) is 4.53. The van der Waals surface area contributed by atoms with Crippen LogP contribution in [0.4, 0.5) is 0 Å².